The van der Waals surface area contributed by atoms with Crippen LogP contribution in [-0.2, 0) is 16.1 Å². The largest absolute Gasteiger partial charge is 0.394 e. The molecular formula is C16H20N4O4. The molecule has 0 saturated carbocycles. The Morgan fingerprint density at radius 3 is 2.71 bits per heavy atom. The van der Waals surface area contributed by atoms with Gasteiger partial charge in [-0.3, -0.25) is 9.59 Å². The van der Waals surface area contributed by atoms with Crippen LogP contribution in [0.15, 0.2) is 30.3 Å². The summed E-state index contributed by atoms with van der Waals surface area (Å²) in [5.41, 5.74) is 0.987. The number of amides is 4. The summed E-state index contributed by atoms with van der Waals surface area (Å²) in [5.74, 6) is -0.638. The van der Waals surface area contributed by atoms with Crippen molar-refractivity contribution in [2.24, 2.45) is 0 Å². The quantitative estimate of drug-likeness (QED) is 0.654. The average molecular weight is 332 g/mol. The molecule has 2 aliphatic rings. The number of hydrogen-bond donors (Lipinski definition) is 3. The van der Waals surface area contributed by atoms with Crippen LogP contribution in [0.3, 0.4) is 0 Å². The van der Waals surface area contributed by atoms with Crippen molar-refractivity contribution in [2.75, 3.05) is 26.2 Å². The zero-order valence-electron chi connectivity index (χ0n) is 13.1. The van der Waals surface area contributed by atoms with Crippen LogP contribution in [0.2, 0.25) is 0 Å². The summed E-state index contributed by atoms with van der Waals surface area (Å²) in [4.78, 5) is 39.5. The van der Waals surface area contributed by atoms with Gasteiger partial charge in [-0.25, -0.2) is 4.79 Å². The Morgan fingerprint density at radius 1 is 1.25 bits per heavy atom. The van der Waals surface area contributed by atoms with Crippen LogP contribution < -0.4 is 10.6 Å². The SMILES string of the molecule is O=C1N[C@H](CO)C(=O)N2CCN(C(=O)NCc3ccccc3)C[C@H]12. The summed E-state index contributed by atoms with van der Waals surface area (Å²) in [7, 11) is 0. The molecule has 3 rings (SSSR count). The van der Waals surface area contributed by atoms with Crippen LogP contribution in [-0.4, -0.2) is 71.1 Å². The van der Waals surface area contributed by atoms with E-state index in [4.69, 9.17) is 5.11 Å². The normalized spacial score (nSPS) is 23.5. The van der Waals surface area contributed by atoms with Crippen LogP contribution in [0.1, 0.15) is 5.56 Å². The molecule has 0 unspecified atom stereocenters. The van der Waals surface area contributed by atoms with Gasteiger partial charge in [-0.05, 0) is 5.56 Å². The highest BCUT2D eigenvalue weighted by Crippen LogP contribution is 2.16. The summed E-state index contributed by atoms with van der Waals surface area (Å²) in [6.45, 7) is 0.772. The zero-order valence-corrected chi connectivity index (χ0v) is 13.1. The third-order valence-corrected chi connectivity index (χ3v) is 4.34. The van der Waals surface area contributed by atoms with E-state index in [1.165, 1.54) is 9.80 Å². The lowest BCUT2D eigenvalue weighted by molar-refractivity contribution is -0.153. The number of nitrogens with one attached hydrogen (secondary N) is 2. The highest BCUT2D eigenvalue weighted by Gasteiger charge is 2.43. The number of nitrogens with zero attached hydrogens (tertiary/aromatic N) is 2. The molecule has 1 aromatic rings. The number of benzene rings is 1. The summed E-state index contributed by atoms with van der Waals surface area (Å²) < 4.78 is 0. The van der Waals surface area contributed by atoms with Gasteiger partial charge in [0.25, 0.3) is 0 Å². The second-order valence-corrected chi connectivity index (χ2v) is 5.88. The van der Waals surface area contributed by atoms with Crippen molar-refractivity contribution in [3.8, 4) is 0 Å². The van der Waals surface area contributed by atoms with Crippen molar-refractivity contribution in [3.05, 3.63) is 35.9 Å². The molecule has 24 heavy (non-hydrogen) atoms. The van der Waals surface area contributed by atoms with E-state index in [1.54, 1.807) is 0 Å². The Kier molecular flexibility index (Phi) is 4.66. The van der Waals surface area contributed by atoms with Gasteiger partial charge in [0, 0.05) is 19.6 Å². The first-order valence-electron chi connectivity index (χ1n) is 7.88. The molecule has 2 fully saturated rings. The lowest BCUT2D eigenvalue weighted by Crippen LogP contribution is -2.70. The molecule has 0 bridgehead atoms. The molecule has 2 saturated heterocycles. The summed E-state index contributed by atoms with van der Waals surface area (Å²) in [6, 6.07) is 7.70. The number of hydrogen-bond acceptors (Lipinski definition) is 4. The van der Waals surface area contributed by atoms with Gasteiger partial charge >= 0.3 is 6.03 Å². The number of aliphatic hydroxyl groups is 1. The van der Waals surface area contributed by atoms with Crippen LogP contribution in [0.4, 0.5) is 4.79 Å². The Bertz CT molecular complexity index is 636. The van der Waals surface area contributed by atoms with Crippen LogP contribution >= 0.6 is 0 Å². The molecule has 2 heterocycles. The van der Waals surface area contributed by atoms with E-state index < -0.39 is 18.7 Å². The summed E-state index contributed by atoms with van der Waals surface area (Å²) in [5, 5.41) is 14.5. The van der Waals surface area contributed by atoms with Gasteiger partial charge in [-0.1, -0.05) is 30.3 Å². The van der Waals surface area contributed by atoms with E-state index >= 15 is 0 Å². The monoisotopic (exact) mass is 332 g/mol. The maximum atomic E-state index is 12.3. The Labute approximate surface area is 139 Å². The first-order valence-corrected chi connectivity index (χ1v) is 7.88. The third kappa shape index (κ3) is 3.18. The molecule has 8 nitrogen and oxygen atoms in total. The maximum Gasteiger partial charge on any atom is 0.317 e. The van der Waals surface area contributed by atoms with Crippen LogP contribution in [0.5, 0.6) is 0 Å². The molecule has 2 aliphatic heterocycles. The first-order chi connectivity index (χ1) is 11.6. The van der Waals surface area contributed by atoms with Gasteiger partial charge in [0.05, 0.1) is 13.2 Å². The first kappa shape index (κ1) is 16.3. The van der Waals surface area contributed by atoms with E-state index in [0.717, 1.165) is 5.56 Å². The van der Waals surface area contributed by atoms with Gasteiger partial charge < -0.3 is 25.5 Å². The van der Waals surface area contributed by atoms with Crippen LogP contribution in [0, 0.1) is 0 Å². The zero-order chi connectivity index (χ0) is 17.1. The lowest BCUT2D eigenvalue weighted by Gasteiger charge is -2.44. The fourth-order valence-corrected chi connectivity index (χ4v) is 2.99. The molecule has 0 radical (unpaired) electrons. The van der Waals surface area contributed by atoms with Crippen LogP contribution in [0.25, 0.3) is 0 Å². The fraction of sp³-hybridized carbons (Fsp3) is 0.438. The van der Waals surface area contributed by atoms with Crippen molar-refractivity contribution in [3.63, 3.8) is 0 Å². The topological polar surface area (TPSA) is 102 Å². The number of fused-ring (bicyclic) bond motifs is 1. The fourth-order valence-electron chi connectivity index (χ4n) is 2.99. The predicted octanol–water partition coefficient (Wildman–Crippen LogP) is -1.10. The third-order valence-electron chi connectivity index (χ3n) is 4.34. The molecule has 128 valence electrons. The molecule has 8 heteroatoms. The number of aliphatic hydroxyl groups excluding tert-OH is 1. The van der Waals surface area contributed by atoms with Crippen molar-refractivity contribution in [1.29, 1.82) is 0 Å². The van der Waals surface area contributed by atoms with E-state index in [0.29, 0.717) is 13.1 Å². The van der Waals surface area contributed by atoms with Crippen molar-refractivity contribution in [2.45, 2.75) is 18.6 Å². The molecule has 2 atom stereocenters. The van der Waals surface area contributed by atoms with E-state index in [-0.39, 0.29) is 30.9 Å². The van der Waals surface area contributed by atoms with Crippen molar-refractivity contribution < 1.29 is 19.5 Å². The summed E-state index contributed by atoms with van der Waals surface area (Å²) >= 11 is 0. The summed E-state index contributed by atoms with van der Waals surface area (Å²) in [6.07, 6.45) is 0. The highest BCUT2D eigenvalue weighted by molar-refractivity contribution is 5.97. The van der Waals surface area contributed by atoms with Gasteiger partial charge in [0.1, 0.15) is 12.1 Å². The minimum absolute atomic E-state index is 0.149. The molecule has 0 spiro atoms. The Morgan fingerprint density at radius 2 is 2.00 bits per heavy atom. The van der Waals surface area contributed by atoms with Crippen molar-refractivity contribution in [1.82, 2.24) is 20.4 Å². The Balaban J connectivity index is 1.59. The molecule has 1 aromatic carbocycles. The smallest absolute Gasteiger partial charge is 0.317 e. The van der Waals surface area contributed by atoms with E-state index in [1.807, 2.05) is 30.3 Å². The van der Waals surface area contributed by atoms with E-state index in [2.05, 4.69) is 10.6 Å². The van der Waals surface area contributed by atoms with Gasteiger partial charge in [0.2, 0.25) is 11.8 Å². The predicted molar refractivity (Wildman–Crippen MR) is 84.8 cm³/mol. The molecule has 0 aliphatic carbocycles. The standard InChI is InChI=1S/C16H20N4O4/c21-10-12-15(23)20-7-6-19(9-13(20)14(22)18-12)16(24)17-8-11-4-2-1-3-5-11/h1-5,12-13,21H,6-10H2,(H,17,24)(H,18,22)/t12-,13-/m1/s1. The number of urea groups is 1. The second-order valence-electron chi connectivity index (χ2n) is 5.88. The molecule has 4 amide bonds. The maximum absolute atomic E-state index is 12.3. The lowest BCUT2D eigenvalue weighted by atomic mass is 10.0. The van der Waals surface area contributed by atoms with Gasteiger partial charge in [-0.2, -0.15) is 0 Å². The number of piperazine rings is 2. The average Bonchev–Trinajstić information content (AvgIpc) is 2.63. The van der Waals surface area contributed by atoms with Gasteiger partial charge in [0.15, 0.2) is 0 Å². The van der Waals surface area contributed by atoms with Gasteiger partial charge in [-0.15, -0.1) is 0 Å². The number of rotatable bonds is 3. The molecule has 3 N–H and O–H groups in total. The molecular weight excluding hydrogens is 312 g/mol. The highest BCUT2D eigenvalue weighted by atomic mass is 16.3. The molecule has 0 aromatic heterocycles. The van der Waals surface area contributed by atoms with E-state index in [9.17, 15) is 14.4 Å². The van der Waals surface area contributed by atoms with Crippen molar-refractivity contribution >= 4 is 17.8 Å². The Hall–Kier alpha value is -2.61. The minimum Gasteiger partial charge on any atom is -0.394 e. The number of carbonyl (C=O) groups excluding carboxylic acids is 3. The second kappa shape index (κ2) is 6.88. The minimum atomic E-state index is -0.882. The number of carbonyl (C=O) groups is 3.